The Morgan fingerprint density at radius 2 is 1.58 bits per heavy atom. The summed E-state index contributed by atoms with van der Waals surface area (Å²) in [5.74, 6) is -1.87. The predicted molar refractivity (Wildman–Crippen MR) is 117 cm³/mol. The lowest BCUT2D eigenvalue weighted by atomic mass is 10.2. The van der Waals surface area contributed by atoms with Gasteiger partial charge in [0.2, 0.25) is 0 Å². The summed E-state index contributed by atoms with van der Waals surface area (Å²) in [6, 6.07) is 8.80. The lowest BCUT2D eigenvalue weighted by Gasteiger charge is -2.07. The van der Waals surface area contributed by atoms with Crippen LogP contribution in [0.3, 0.4) is 0 Å². The molecule has 3 rings (SSSR count). The lowest BCUT2D eigenvalue weighted by molar-refractivity contribution is -0.140. The van der Waals surface area contributed by atoms with Gasteiger partial charge in [-0.15, -0.1) is 15.0 Å². The molecule has 0 saturated carbocycles. The minimum atomic E-state index is -0.621. The van der Waals surface area contributed by atoms with E-state index < -0.39 is 17.9 Å². The second kappa shape index (κ2) is 9.77. The fraction of sp³-hybridized carbons (Fsp3) is 0.174. The van der Waals surface area contributed by atoms with Gasteiger partial charge in [-0.25, -0.2) is 14.4 Å². The van der Waals surface area contributed by atoms with Crippen LogP contribution < -0.4 is 4.74 Å². The van der Waals surface area contributed by atoms with Gasteiger partial charge in [0.1, 0.15) is 41.4 Å². The summed E-state index contributed by atoms with van der Waals surface area (Å²) >= 11 is 0. The first-order valence-electron chi connectivity index (χ1n) is 9.73. The minimum absolute atomic E-state index is 0.0905. The third-order valence-corrected chi connectivity index (χ3v) is 4.24. The molecule has 0 bridgehead atoms. The van der Waals surface area contributed by atoms with Crippen molar-refractivity contribution in [2.75, 3.05) is 13.2 Å². The largest absolute Gasteiger partial charge is 0.505 e. The van der Waals surface area contributed by atoms with Crippen molar-refractivity contribution in [3.63, 3.8) is 0 Å². The van der Waals surface area contributed by atoms with Crippen LogP contribution in [0.2, 0.25) is 0 Å². The van der Waals surface area contributed by atoms with Crippen LogP contribution in [0.25, 0.3) is 16.7 Å². The number of hydrogen-bond acceptors (Lipinski definition) is 9. The second-order valence-electron chi connectivity index (χ2n) is 7.07. The van der Waals surface area contributed by atoms with E-state index in [2.05, 4.69) is 23.4 Å². The maximum absolute atomic E-state index is 12.2. The Morgan fingerprint density at radius 1 is 0.909 bits per heavy atom. The number of carbonyl (C=O) groups excluding carboxylic acids is 3. The number of carbonyl (C=O) groups is 3. The number of esters is 3. The number of rotatable bonds is 8. The van der Waals surface area contributed by atoms with Crippen molar-refractivity contribution in [1.29, 1.82) is 0 Å². The summed E-state index contributed by atoms with van der Waals surface area (Å²) < 4.78 is 15.0. The summed E-state index contributed by atoms with van der Waals surface area (Å²) in [6.07, 6.45) is 0. The van der Waals surface area contributed by atoms with Crippen molar-refractivity contribution in [3.8, 4) is 17.2 Å². The van der Waals surface area contributed by atoms with Gasteiger partial charge in [-0.1, -0.05) is 13.2 Å². The van der Waals surface area contributed by atoms with Crippen molar-refractivity contribution in [1.82, 2.24) is 15.0 Å². The van der Waals surface area contributed by atoms with Gasteiger partial charge in [-0.05, 0) is 44.2 Å². The van der Waals surface area contributed by atoms with Gasteiger partial charge < -0.3 is 19.3 Å². The molecule has 0 atom stereocenters. The molecule has 33 heavy (non-hydrogen) atoms. The Hall–Kier alpha value is -4.47. The van der Waals surface area contributed by atoms with Crippen molar-refractivity contribution in [2.24, 2.45) is 0 Å². The van der Waals surface area contributed by atoms with E-state index >= 15 is 0 Å². The first-order valence-corrected chi connectivity index (χ1v) is 9.73. The molecule has 0 radical (unpaired) electrons. The minimum Gasteiger partial charge on any atom is -0.505 e. The molecule has 170 valence electrons. The van der Waals surface area contributed by atoms with Gasteiger partial charge in [0.25, 0.3) is 0 Å². The van der Waals surface area contributed by atoms with E-state index in [0.29, 0.717) is 11.0 Å². The zero-order valence-electron chi connectivity index (χ0n) is 18.0. The first-order chi connectivity index (χ1) is 15.7. The average molecular weight is 451 g/mol. The van der Waals surface area contributed by atoms with Crippen LogP contribution in [0, 0.1) is 0 Å². The van der Waals surface area contributed by atoms with Crippen LogP contribution in [0.1, 0.15) is 24.2 Å². The Labute approximate surface area is 188 Å². The Bertz CT molecular complexity index is 1280. The fourth-order valence-electron chi connectivity index (χ4n) is 2.55. The average Bonchev–Trinajstić information content (AvgIpc) is 3.19. The topological polar surface area (TPSA) is 130 Å². The first kappa shape index (κ1) is 23.2. The molecule has 0 aliphatic heterocycles. The molecule has 3 aromatic rings. The van der Waals surface area contributed by atoms with E-state index in [1.54, 1.807) is 6.07 Å². The van der Waals surface area contributed by atoms with Gasteiger partial charge in [-0.2, -0.15) is 0 Å². The summed E-state index contributed by atoms with van der Waals surface area (Å²) in [4.78, 5) is 36.4. The standard InChI is InChI=1S/C23H21N3O7/c1-13(2)21(28)31-9-10-32-23(30)15-5-7-17-18(11-15)25-26(24-17)19-8-6-16(12-20(19)27)33-22(29)14(3)4/h5-8,11-12,27H,1,3,9-10H2,2,4H3. The maximum atomic E-state index is 12.2. The van der Waals surface area contributed by atoms with E-state index in [1.807, 2.05) is 0 Å². The molecule has 1 heterocycles. The number of phenols is 1. The van der Waals surface area contributed by atoms with Gasteiger partial charge >= 0.3 is 17.9 Å². The molecule has 0 amide bonds. The smallest absolute Gasteiger partial charge is 0.338 e. The monoisotopic (exact) mass is 451 g/mol. The van der Waals surface area contributed by atoms with Crippen molar-refractivity contribution >= 4 is 28.9 Å². The number of benzene rings is 2. The van der Waals surface area contributed by atoms with Crippen LogP contribution in [0.4, 0.5) is 0 Å². The highest BCUT2D eigenvalue weighted by molar-refractivity contribution is 5.93. The Kier molecular flexibility index (Phi) is 6.87. The Morgan fingerprint density at radius 3 is 2.24 bits per heavy atom. The lowest BCUT2D eigenvalue weighted by Crippen LogP contribution is -2.14. The summed E-state index contributed by atoms with van der Waals surface area (Å²) in [6.45, 7) is 9.79. The molecule has 10 nitrogen and oxygen atoms in total. The van der Waals surface area contributed by atoms with E-state index in [0.717, 1.165) is 0 Å². The number of aromatic nitrogens is 3. The zero-order valence-corrected chi connectivity index (χ0v) is 18.0. The normalized spacial score (nSPS) is 10.5. The van der Waals surface area contributed by atoms with E-state index in [1.165, 1.54) is 49.0 Å². The van der Waals surface area contributed by atoms with Crippen molar-refractivity contribution in [2.45, 2.75) is 13.8 Å². The number of aromatic hydroxyl groups is 1. The molecular formula is C23H21N3O7. The van der Waals surface area contributed by atoms with E-state index in [4.69, 9.17) is 14.2 Å². The molecule has 0 aliphatic rings. The van der Waals surface area contributed by atoms with Gasteiger partial charge in [0.15, 0.2) is 0 Å². The highest BCUT2D eigenvalue weighted by Gasteiger charge is 2.15. The Balaban J connectivity index is 1.71. The number of nitrogens with zero attached hydrogens (tertiary/aromatic N) is 3. The van der Waals surface area contributed by atoms with E-state index in [9.17, 15) is 19.5 Å². The van der Waals surface area contributed by atoms with Crippen LogP contribution in [0.15, 0.2) is 60.7 Å². The molecule has 0 spiro atoms. The van der Waals surface area contributed by atoms with Gasteiger partial charge in [0.05, 0.1) is 5.56 Å². The van der Waals surface area contributed by atoms with Crippen molar-refractivity contribution < 1.29 is 33.7 Å². The predicted octanol–water partition coefficient (Wildman–Crippen LogP) is 2.88. The van der Waals surface area contributed by atoms with Crippen LogP contribution in [0.5, 0.6) is 11.5 Å². The molecular weight excluding hydrogens is 430 g/mol. The number of phenolic OH excluding ortho intramolecular Hbond substituents is 1. The molecule has 10 heteroatoms. The highest BCUT2D eigenvalue weighted by Crippen LogP contribution is 2.27. The number of ether oxygens (including phenoxy) is 3. The fourth-order valence-corrected chi connectivity index (χ4v) is 2.55. The molecule has 1 N–H and O–H groups in total. The second-order valence-corrected chi connectivity index (χ2v) is 7.07. The van der Waals surface area contributed by atoms with Crippen LogP contribution in [-0.4, -0.2) is 51.2 Å². The van der Waals surface area contributed by atoms with Crippen molar-refractivity contribution in [3.05, 3.63) is 66.3 Å². The molecule has 1 aromatic heterocycles. The number of fused-ring (bicyclic) bond motifs is 1. The third kappa shape index (κ3) is 5.62. The summed E-state index contributed by atoms with van der Waals surface area (Å²) in [5, 5.41) is 18.9. The molecule has 0 aliphatic carbocycles. The number of hydrogen-bond donors (Lipinski definition) is 1. The zero-order chi connectivity index (χ0) is 24.1. The van der Waals surface area contributed by atoms with E-state index in [-0.39, 0.29) is 47.1 Å². The van der Waals surface area contributed by atoms with Gasteiger partial charge in [0, 0.05) is 17.2 Å². The third-order valence-electron chi connectivity index (χ3n) is 4.24. The molecule has 2 aromatic carbocycles. The van der Waals surface area contributed by atoms with Crippen LogP contribution in [-0.2, 0) is 19.1 Å². The van der Waals surface area contributed by atoms with Gasteiger partial charge in [-0.3, -0.25) is 0 Å². The molecule has 0 unspecified atom stereocenters. The maximum Gasteiger partial charge on any atom is 0.338 e. The molecule has 0 fully saturated rings. The van der Waals surface area contributed by atoms with Crippen LogP contribution >= 0.6 is 0 Å². The quantitative estimate of drug-likeness (QED) is 0.238. The highest BCUT2D eigenvalue weighted by atomic mass is 16.6. The summed E-state index contributed by atoms with van der Waals surface area (Å²) in [7, 11) is 0. The SMILES string of the molecule is C=C(C)C(=O)OCCOC(=O)c1ccc2nn(-c3ccc(OC(=O)C(=C)C)cc3O)nc2c1. The molecule has 0 saturated heterocycles. The summed E-state index contributed by atoms with van der Waals surface area (Å²) in [5.41, 5.74) is 1.80.